The number of nitrogens with two attached hydrogens (primary N) is 1. The molecule has 1 aliphatic rings. The second kappa shape index (κ2) is 5.76. The van der Waals surface area contributed by atoms with Crippen LogP contribution in [0.4, 0.5) is 10.1 Å². The number of nitrogens with zero attached hydrogens (tertiary/aromatic N) is 1. The van der Waals surface area contributed by atoms with Gasteiger partial charge in [0.25, 0.3) is 5.91 Å². The molecule has 20 heavy (non-hydrogen) atoms. The van der Waals surface area contributed by atoms with Crippen LogP contribution in [0.2, 0.25) is 0 Å². The molecule has 0 unspecified atom stereocenters. The lowest BCUT2D eigenvalue weighted by Gasteiger charge is -2.35. The van der Waals surface area contributed by atoms with Gasteiger partial charge < -0.3 is 20.5 Å². The van der Waals surface area contributed by atoms with Gasteiger partial charge in [-0.1, -0.05) is 0 Å². The van der Waals surface area contributed by atoms with E-state index in [0.29, 0.717) is 31.6 Å². The number of carbonyl (C=O) groups excluding carboxylic acids is 1. The molecular formula is C14H19FN2O3. The monoisotopic (exact) mass is 282 g/mol. The average Bonchev–Trinajstić information content (AvgIpc) is 2.41. The summed E-state index contributed by atoms with van der Waals surface area (Å²) in [7, 11) is 1.61. The van der Waals surface area contributed by atoms with Gasteiger partial charge in [0.05, 0.1) is 11.3 Å². The molecule has 1 heterocycles. The molecule has 1 fully saturated rings. The van der Waals surface area contributed by atoms with E-state index in [9.17, 15) is 14.3 Å². The summed E-state index contributed by atoms with van der Waals surface area (Å²) in [6, 6.07) is 3.86. The number of carbonyl (C=O) groups is 1. The highest BCUT2D eigenvalue weighted by atomic mass is 19.1. The molecule has 110 valence electrons. The molecule has 3 N–H and O–H groups in total. The smallest absolute Gasteiger partial charge is 0.253 e. The maximum Gasteiger partial charge on any atom is 0.253 e. The number of rotatable bonds is 3. The first-order chi connectivity index (χ1) is 9.41. The molecule has 1 saturated heterocycles. The third kappa shape index (κ3) is 3.26. The van der Waals surface area contributed by atoms with Gasteiger partial charge in [0, 0.05) is 45.2 Å². The molecule has 0 saturated carbocycles. The van der Waals surface area contributed by atoms with Crippen LogP contribution in [0, 0.1) is 5.82 Å². The Balaban J connectivity index is 2.06. The van der Waals surface area contributed by atoms with Crippen molar-refractivity contribution in [2.24, 2.45) is 0 Å². The van der Waals surface area contributed by atoms with Crippen molar-refractivity contribution in [1.29, 1.82) is 0 Å². The highest BCUT2D eigenvalue weighted by Gasteiger charge is 2.32. The molecular weight excluding hydrogens is 263 g/mol. The summed E-state index contributed by atoms with van der Waals surface area (Å²) in [5, 5.41) is 10.4. The van der Waals surface area contributed by atoms with E-state index in [1.807, 2.05) is 0 Å². The number of hydrogen-bond donors (Lipinski definition) is 2. The number of benzene rings is 1. The molecule has 0 aliphatic carbocycles. The number of anilines is 1. The Morgan fingerprint density at radius 1 is 1.50 bits per heavy atom. The lowest BCUT2D eigenvalue weighted by atomic mass is 9.93. The Morgan fingerprint density at radius 3 is 2.75 bits per heavy atom. The molecule has 2 rings (SSSR count). The Morgan fingerprint density at radius 2 is 2.15 bits per heavy atom. The summed E-state index contributed by atoms with van der Waals surface area (Å²) < 4.78 is 18.3. The maximum absolute atomic E-state index is 13.1. The third-order valence-electron chi connectivity index (χ3n) is 3.54. The van der Waals surface area contributed by atoms with Crippen LogP contribution in [0.3, 0.4) is 0 Å². The van der Waals surface area contributed by atoms with E-state index < -0.39 is 11.4 Å². The van der Waals surface area contributed by atoms with Crippen LogP contribution in [0.1, 0.15) is 23.2 Å². The van der Waals surface area contributed by atoms with Crippen molar-refractivity contribution in [3.63, 3.8) is 0 Å². The second-order valence-electron chi connectivity index (χ2n) is 5.23. The largest absolute Gasteiger partial charge is 0.396 e. The van der Waals surface area contributed by atoms with E-state index in [1.165, 1.54) is 23.1 Å². The summed E-state index contributed by atoms with van der Waals surface area (Å²) >= 11 is 0. The van der Waals surface area contributed by atoms with Gasteiger partial charge in [-0.05, 0) is 18.2 Å². The summed E-state index contributed by atoms with van der Waals surface area (Å²) in [6.07, 6.45) is 0.992. The zero-order chi connectivity index (χ0) is 14.8. The van der Waals surface area contributed by atoms with Crippen LogP contribution in [0.15, 0.2) is 18.2 Å². The average molecular weight is 282 g/mol. The molecule has 1 aromatic rings. The van der Waals surface area contributed by atoms with Crippen LogP contribution >= 0.6 is 0 Å². The van der Waals surface area contributed by atoms with Crippen molar-refractivity contribution in [3.8, 4) is 0 Å². The zero-order valence-electron chi connectivity index (χ0n) is 11.4. The van der Waals surface area contributed by atoms with E-state index in [2.05, 4.69) is 0 Å². The first-order valence-electron chi connectivity index (χ1n) is 6.52. The van der Waals surface area contributed by atoms with E-state index in [4.69, 9.17) is 10.5 Å². The minimum Gasteiger partial charge on any atom is -0.396 e. The van der Waals surface area contributed by atoms with Gasteiger partial charge in [-0.25, -0.2) is 4.39 Å². The summed E-state index contributed by atoms with van der Waals surface area (Å²) in [4.78, 5) is 13.7. The van der Waals surface area contributed by atoms with Crippen molar-refractivity contribution in [2.45, 2.75) is 18.4 Å². The van der Waals surface area contributed by atoms with E-state index in [-0.39, 0.29) is 18.1 Å². The lowest BCUT2D eigenvalue weighted by molar-refractivity contribution is -0.0734. The molecule has 1 amide bonds. The number of halogens is 1. The first kappa shape index (κ1) is 14.7. The van der Waals surface area contributed by atoms with Gasteiger partial charge in [0.1, 0.15) is 5.82 Å². The van der Waals surface area contributed by atoms with Gasteiger partial charge in [-0.2, -0.15) is 0 Å². The zero-order valence-corrected chi connectivity index (χ0v) is 11.4. The van der Waals surface area contributed by atoms with Crippen molar-refractivity contribution in [2.75, 3.05) is 32.5 Å². The van der Waals surface area contributed by atoms with Crippen LogP contribution in [-0.4, -0.2) is 48.3 Å². The molecule has 0 radical (unpaired) electrons. The van der Waals surface area contributed by atoms with Crippen molar-refractivity contribution >= 4 is 11.6 Å². The topological polar surface area (TPSA) is 75.8 Å². The van der Waals surface area contributed by atoms with E-state index >= 15 is 0 Å². The number of hydrogen-bond acceptors (Lipinski definition) is 4. The molecule has 0 atom stereocenters. The quantitative estimate of drug-likeness (QED) is 0.812. The molecule has 0 bridgehead atoms. The number of nitrogen functional groups attached to an aromatic ring is 1. The van der Waals surface area contributed by atoms with Gasteiger partial charge >= 0.3 is 0 Å². The number of amides is 1. The van der Waals surface area contributed by atoms with Crippen LogP contribution in [0.5, 0.6) is 0 Å². The van der Waals surface area contributed by atoms with Crippen LogP contribution in [0.25, 0.3) is 0 Å². The Bertz CT molecular complexity index is 501. The molecule has 6 heteroatoms. The van der Waals surface area contributed by atoms with Crippen molar-refractivity contribution < 1.29 is 19.0 Å². The Labute approximate surface area is 117 Å². The number of aliphatic hydroxyl groups is 1. The van der Waals surface area contributed by atoms with E-state index in [0.717, 1.165) is 0 Å². The molecule has 1 aliphatic heterocycles. The molecule has 1 aromatic carbocycles. The first-order valence-corrected chi connectivity index (χ1v) is 6.52. The van der Waals surface area contributed by atoms with Crippen molar-refractivity contribution in [3.05, 3.63) is 29.6 Å². The maximum atomic E-state index is 13.1. The van der Waals surface area contributed by atoms with E-state index in [1.54, 1.807) is 7.05 Å². The van der Waals surface area contributed by atoms with Gasteiger partial charge in [0.2, 0.25) is 0 Å². The Kier molecular flexibility index (Phi) is 4.25. The van der Waals surface area contributed by atoms with Crippen molar-refractivity contribution in [1.82, 2.24) is 4.90 Å². The molecule has 0 aromatic heterocycles. The third-order valence-corrected chi connectivity index (χ3v) is 3.54. The minimum absolute atomic E-state index is 0.0611. The van der Waals surface area contributed by atoms with Gasteiger partial charge in [-0.15, -0.1) is 0 Å². The fraction of sp³-hybridized carbons (Fsp3) is 0.500. The fourth-order valence-electron chi connectivity index (χ4n) is 2.32. The summed E-state index contributed by atoms with van der Waals surface area (Å²) in [5.74, 6) is -0.844. The SMILES string of the molecule is CN(CC1(O)CCOCC1)C(=O)c1ccc(F)c(N)c1. The minimum atomic E-state index is -0.922. The summed E-state index contributed by atoms with van der Waals surface area (Å²) in [6.45, 7) is 1.19. The van der Waals surface area contributed by atoms with Crippen LogP contribution in [-0.2, 0) is 4.74 Å². The Hall–Kier alpha value is -1.66. The lowest BCUT2D eigenvalue weighted by Crippen LogP contribution is -2.47. The number of likely N-dealkylation sites (N-methyl/N-ethyl adjacent to an activating group) is 1. The molecule has 5 nitrogen and oxygen atoms in total. The second-order valence-corrected chi connectivity index (χ2v) is 5.23. The predicted octanol–water partition coefficient (Wildman–Crippen LogP) is 1.02. The fourth-order valence-corrected chi connectivity index (χ4v) is 2.32. The summed E-state index contributed by atoms with van der Waals surface area (Å²) in [5.41, 5.74) is 4.78. The normalized spacial score (nSPS) is 17.8. The van der Waals surface area contributed by atoms with Gasteiger partial charge in [-0.3, -0.25) is 4.79 Å². The standard InChI is InChI=1S/C14H19FN2O3/c1-17(9-14(19)4-6-20-7-5-14)13(18)10-2-3-11(15)12(16)8-10/h2-3,8,19H,4-7,9,16H2,1H3. The molecule has 0 spiro atoms. The highest BCUT2D eigenvalue weighted by Crippen LogP contribution is 2.22. The van der Waals surface area contributed by atoms with Gasteiger partial charge in [0.15, 0.2) is 0 Å². The van der Waals surface area contributed by atoms with Crippen LogP contribution < -0.4 is 5.73 Å². The number of ether oxygens (including phenoxy) is 1. The predicted molar refractivity (Wildman–Crippen MR) is 72.8 cm³/mol. The highest BCUT2D eigenvalue weighted by molar-refractivity contribution is 5.94.